The average Bonchev–Trinajstić information content (AvgIpc) is 3.36. The average molecular weight is 487 g/mol. The van der Waals surface area contributed by atoms with Gasteiger partial charge in [-0.2, -0.15) is 0 Å². The summed E-state index contributed by atoms with van der Waals surface area (Å²) in [5, 5.41) is 4.23. The van der Waals surface area contributed by atoms with E-state index in [1.807, 2.05) is 72.1 Å². The van der Waals surface area contributed by atoms with Crippen molar-refractivity contribution in [2.75, 3.05) is 12.0 Å². The molecule has 0 aliphatic heterocycles. The lowest BCUT2D eigenvalue weighted by Gasteiger charge is -2.20. The van der Waals surface area contributed by atoms with Gasteiger partial charge >= 0.3 is 0 Å². The maximum absolute atomic E-state index is 13.9. The van der Waals surface area contributed by atoms with Gasteiger partial charge in [-0.3, -0.25) is 9.69 Å². The Morgan fingerprint density at radius 1 is 0.914 bits per heavy atom. The van der Waals surface area contributed by atoms with E-state index < -0.39 is 17.5 Å². The smallest absolute Gasteiger partial charge is 0.260 e. The number of hydrogen-bond acceptors (Lipinski definition) is 4. The zero-order valence-electron chi connectivity index (χ0n) is 18.7. The summed E-state index contributed by atoms with van der Waals surface area (Å²) in [5.74, 6) is -1.39. The summed E-state index contributed by atoms with van der Waals surface area (Å²) >= 11 is 1.30. The molecule has 0 fully saturated rings. The van der Waals surface area contributed by atoms with Crippen molar-refractivity contribution in [3.8, 4) is 17.0 Å². The van der Waals surface area contributed by atoms with Gasteiger partial charge in [0.05, 0.1) is 19.3 Å². The van der Waals surface area contributed by atoms with Crippen LogP contribution in [0.3, 0.4) is 0 Å². The highest BCUT2D eigenvalue weighted by Gasteiger charge is 2.23. The van der Waals surface area contributed by atoms with E-state index in [9.17, 15) is 13.6 Å². The molecule has 0 unspecified atom stereocenters. The molecule has 0 aliphatic carbocycles. The van der Waals surface area contributed by atoms with Crippen LogP contribution in [0.25, 0.3) is 22.0 Å². The van der Waals surface area contributed by atoms with Gasteiger partial charge in [-0.05, 0) is 35.2 Å². The van der Waals surface area contributed by atoms with Crippen LogP contribution in [0.2, 0.25) is 0 Å². The molecule has 0 saturated heterocycles. The van der Waals surface area contributed by atoms with E-state index in [0.29, 0.717) is 10.8 Å². The van der Waals surface area contributed by atoms with Crippen LogP contribution in [0.4, 0.5) is 13.9 Å². The van der Waals surface area contributed by atoms with Crippen molar-refractivity contribution < 1.29 is 18.3 Å². The van der Waals surface area contributed by atoms with Crippen molar-refractivity contribution in [1.82, 2.24) is 4.98 Å². The van der Waals surface area contributed by atoms with Gasteiger partial charge in [0.25, 0.3) is 5.91 Å². The topological polar surface area (TPSA) is 42.4 Å². The van der Waals surface area contributed by atoms with E-state index in [1.54, 1.807) is 7.11 Å². The number of halogens is 2. The van der Waals surface area contributed by atoms with Crippen molar-refractivity contribution >= 4 is 33.1 Å². The SMILES string of the molecule is COc1ccc(-c2csc(N(Cc3ccccc3)C(=O)c3cc(F)cc(F)c3)n2)c2ccccc12. The molecular weight excluding hydrogens is 466 g/mol. The fraction of sp³-hybridized carbons (Fsp3) is 0.0714. The fourth-order valence-electron chi connectivity index (χ4n) is 4.01. The molecule has 0 bridgehead atoms. The first kappa shape index (κ1) is 22.7. The van der Waals surface area contributed by atoms with E-state index in [-0.39, 0.29) is 12.1 Å². The Bertz CT molecular complexity index is 1500. The molecule has 0 radical (unpaired) electrons. The summed E-state index contributed by atoms with van der Waals surface area (Å²) in [7, 11) is 1.63. The van der Waals surface area contributed by atoms with Crippen molar-refractivity contribution in [2.24, 2.45) is 0 Å². The summed E-state index contributed by atoms with van der Waals surface area (Å²) in [6, 6.07) is 23.9. The maximum Gasteiger partial charge on any atom is 0.260 e. The summed E-state index contributed by atoms with van der Waals surface area (Å²) in [4.78, 5) is 19.7. The summed E-state index contributed by atoms with van der Waals surface area (Å²) < 4.78 is 33.3. The molecule has 5 aromatic rings. The Kier molecular flexibility index (Phi) is 6.25. The Labute approximate surface area is 205 Å². The molecular formula is C28H20F2N2O2S. The number of rotatable bonds is 6. The zero-order chi connectivity index (χ0) is 24.4. The number of fused-ring (bicyclic) bond motifs is 1. The number of nitrogens with zero attached hydrogens (tertiary/aromatic N) is 2. The van der Waals surface area contributed by atoms with Gasteiger partial charge in [-0.15, -0.1) is 11.3 Å². The second-order valence-corrected chi connectivity index (χ2v) is 8.75. The van der Waals surface area contributed by atoms with Crippen LogP contribution >= 0.6 is 11.3 Å². The number of carbonyl (C=O) groups excluding carboxylic acids is 1. The van der Waals surface area contributed by atoms with Crippen molar-refractivity contribution in [3.05, 3.63) is 113 Å². The molecule has 35 heavy (non-hydrogen) atoms. The molecule has 4 nitrogen and oxygen atoms in total. The minimum absolute atomic E-state index is 0.0786. The molecule has 1 heterocycles. The van der Waals surface area contributed by atoms with E-state index >= 15 is 0 Å². The second-order valence-electron chi connectivity index (χ2n) is 7.91. The number of ether oxygens (including phenoxy) is 1. The Morgan fingerprint density at radius 2 is 1.60 bits per heavy atom. The van der Waals surface area contributed by atoms with Crippen LogP contribution in [-0.2, 0) is 6.54 Å². The third kappa shape index (κ3) is 4.63. The van der Waals surface area contributed by atoms with Gasteiger partial charge in [0.2, 0.25) is 0 Å². The third-order valence-corrected chi connectivity index (χ3v) is 6.50. The van der Waals surface area contributed by atoms with E-state index in [0.717, 1.165) is 45.8 Å². The number of benzene rings is 4. The second kappa shape index (κ2) is 9.64. The van der Waals surface area contributed by atoms with Crippen LogP contribution in [-0.4, -0.2) is 18.0 Å². The summed E-state index contributed by atoms with van der Waals surface area (Å²) in [6.07, 6.45) is 0. The predicted octanol–water partition coefficient (Wildman–Crippen LogP) is 7.10. The van der Waals surface area contributed by atoms with E-state index in [2.05, 4.69) is 0 Å². The molecule has 7 heteroatoms. The van der Waals surface area contributed by atoms with Crippen molar-refractivity contribution in [3.63, 3.8) is 0 Å². The molecule has 4 aromatic carbocycles. The lowest BCUT2D eigenvalue weighted by Crippen LogP contribution is -2.30. The first-order valence-corrected chi connectivity index (χ1v) is 11.7. The summed E-state index contributed by atoms with van der Waals surface area (Å²) in [5.41, 5.74) is 2.38. The highest BCUT2D eigenvalue weighted by atomic mass is 32.1. The molecule has 0 spiro atoms. The molecule has 0 aliphatic rings. The Balaban J connectivity index is 1.58. The highest BCUT2D eigenvalue weighted by molar-refractivity contribution is 7.14. The van der Waals surface area contributed by atoms with Crippen LogP contribution < -0.4 is 9.64 Å². The van der Waals surface area contributed by atoms with Gasteiger partial charge in [-0.25, -0.2) is 13.8 Å². The molecule has 0 saturated carbocycles. The number of carbonyl (C=O) groups is 1. The third-order valence-electron chi connectivity index (χ3n) is 5.64. The Morgan fingerprint density at radius 3 is 2.31 bits per heavy atom. The minimum atomic E-state index is -0.808. The zero-order valence-corrected chi connectivity index (χ0v) is 19.6. The van der Waals surface area contributed by atoms with Crippen molar-refractivity contribution in [1.29, 1.82) is 0 Å². The van der Waals surface area contributed by atoms with Crippen molar-refractivity contribution in [2.45, 2.75) is 6.54 Å². The Hall–Kier alpha value is -4.10. The van der Waals surface area contributed by atoms with Gasteiger partial charge in [0.1, 0.15) is 17.4 Å². The molecule has 0 N–H and O–H groups in total. The first-order chi connectivity index (χ1) is 17.0. The summed E-state index contributed by atoms with van der Waals surface area (Å²) in [6.45, 7) is 0.202. The lowest BCUT2D eigenvalue weighted by atomic mass is 10.0. The van der Waals surface area contributed by atoms with Crippen LogP contribution in [0.1, 0.15) is 15.9 Å². The normalized spacial score (nSPS) is 10.9. The molecule has 1 amide bonds. The minimum Gasteiger partial charge on any atom is -0.496 e. The number of thiazole rings is 1. The van der Waals surface area contributed by atoms with E-state index in [4.69, 9.17) is 9.72 Å². The fourth-order valence-corrected chi connectivity index (χ4v) is 4.83. The molecule has 0 atom stereocenters. The molecule has 1 aromatic heterocycles. The highest BCUT2D eigenvalue weighted by Crippen LogP contribution is 2.36. The number of hydrogen-bond donors (Lipinski definition) is 0. The number of anilines is 1. The van der Waals surface area contributed by atoms with Gasteiger partial charge in [0.15, 0.2) is 5.13 Å². The van der Waals surface area contributed by atoms with E-state index in [1.165, 1.54) is 16.2 Å². The first-order valence-electron chi connectivity index (χ1n) is 10.9. The number of amides is 1. The van der Waals surface area contributed by atoms with Crippen LogP contribution in [0, 0.1) is 11.6 Å². The quantitative estimate of drug-likeness (QED) is 0.257. The molecule has 5 rings (SSSR count). The predicted molar refractivity (Wildman–Crippen MR) is 135 cm³/mol. The monoisotopic (exact) mass is 486 g/mol. The largest absolute Gasteiger partial charge is 0.496 e. The van der Waals surface area contributed by atoms with Crippen LogP contribution in [0.5, 0.6) is 5.75 Å². The lowest BCUT2D eigenvalue weighted by molar-refractivity contribution is 0.0984. The van der Waals surface area contributed by atoms with Gasteiger partial charge < -0.3 is 4.74 Å². The standard InChI is InChI=1S/C28H20F2N2O2S/c1-34-26-12-11-23(22-9-5-6-10-24(22)26)25-17-35-28(31-25)32(16-18-7-3-2-4-8-18)27(33)19-13-20(29)15-21(30)14-19/h2-15,17H,16H2,1H3. The van der Waals surface area contributed by atoms with Crippen LogP contribution in [0.15, 0.2) is 90.3 Å². The maximum atomic E-state index is 13.9. The van der Waals surface area contributed by atoms with Gasteiger partial charge in [-0.1, -0.05) is 54.6 Å². The van der Waals surface area contributed by atoms with Gasteiger partial charge in [0, 0.05) is 28.0 Å². The number of methoxy groups -OCH3 is 1. The molecule has 174 valence electrons. The number of aromatic nitrogens is 1.